The molecule has 0 unspecified atom stereocenters. The number of nitrogens with zero attached hydrogens (tertiary/aromatic N) is 4. The molecule has 1 saturated heterocycles. The van der Waals surface area contributed by atoms with E-state index in [-0.39, 0.29) is 11.8 Å². The molecule has 1 N–H and O–H groups in total. The van der Waals surface area contributed by atoms with Crippen LogP contribution in [0.1, 0.15) is 24.0 Å². The molecule has 0 spiro atoms. The number of nitrogens with one attached hydrogen (secondary N) is 1. The van der Waals surface area contributed by atoms with Gasteiger partial charge in [0.2, 0.25) is 11.9 Å². The molecule has 4 aromatic rings. The average Bonchev–Trinajstić information content (AvgIpc) is 3.26. The molecular weight excluding hydrogens is 410 g/mol. The van der Waals surface area contributed by atoms with Crippen molar-refractivity contribution in [1.29, 1.82) is 0 Å². The van der Waals surface area contributed by atoms with E-state index >= 15 is 0 Å². The van der Waals surface area contributed by atoms with Gasteiger partial charge in [0.1, 0.15) is 0 Å². The van der Waals surface area contributed by atoms with Crippen molar-refractivity contribution in [3.05, 3.63) is 90.3 Å². The maximum atomic E-state index is 12.7. The SMILES string of the molecule is O=C(NCc1cccnc1)C1CCN(c2nc3ccccc3n2CCc2ccccc2)CC1. The third kappa shape index (κ3) is 4.90. The largest absolute Gasteiger partial charge is 0.352 e. The molecule has 0 bridgehead atoms. The van der Waals surface area contributed by atoms with Crippen molar-refractivity contribution in [2.24, 2.45) is 5.92 Å². The monoisotopic (exact) mass is 439 g/mol. The van der Waals surface area contributed by atoms with Crippen LogP contribution in [-0.4, -0.2) is 33.5 Å². The number of carbonyl (C=O) groups is 1. The second-order valence-corrected chi connectivity index (χ2v) is 8.63. The molecule has 0 aliphatic carbocycles. The Bertz CT molecular complexity index is 1200. The second-order valence-electron chi connectivity index (χ2n) is 8.63. The second kappa shape index (κ2) is 9.86. The number of pyridine rings is 1. The van der Waals surface area contributed by atoms with Gasteiger partial charge in [0.15, 0.2) is 0 Å². The number of fused-ring (bicyclic) bond motifs is 1. The van der Waals surface area contributed by atoms with E-state index in [1.165, 1.54) is 11.1 Å². The molecule has 1 aliphatic rings. The van der Waals surface area contributed by atoms with Crippen molar-refractivity contribution >= 4 is 22.9 Å². The van der Waals surface area contributed by atoms with Gasteiger partial charge in [0, 0.05) is 44.5 Å². The van der Waals surface area contributed by atoms with Crippen LogP contribution in [0.15, 0.2) is 79.1 Å². The number of carbonyl (C=O) groups excluding carboxylic acids is 1. The molecule has 0 atom stereocenters. The third-order valence-electron chi connectivity index (χ3n) is 6.44. The minimum absolute atomic E-state index is 0.0417. The highest BCUT2D eigenvalue weighted by molar-refractivity contribution is 5.80. The van der Waals surface area contributed by atoms with E-state index in [1.807, 2.05) is 18.2 Å². The highest BCUT2D eigenvalue weighted by Gasteiger charge is 2.27. The standard InChI is InChI=1S/C27H29N5O/c33-26(29-20-22-9-6-15-28-19-22)23-13-16-31(17-14-23)27-30-24-10-4-5-11-25(24)32(27)18-12-21-7-2-1-3-8-21/h1-11,15,19,23H,12-14,16-18,20H2,(H,29,33). The summed E-state index contributed by atoms with van der Waals surface area (Å²) < 4.78 is 2.34. The summed E-state index contributed by atoms with van der Waals surface area (Å²) >= 11 is 0. The quantitative estimate of drug-likeness (QED) is 0.469. The maximum Gasteiger partial charge on any atom is 0.223 e. The molecule has 6 nitrogen and oxygen atoms in total. The number of hydrogen-bond donors (Lipinski definition) is 1. The van der Waals surface area contributed by atoms with Gasteiger partial charge < -0.3 is 14.8 Å². The van der Waals surface area contributed by atoms with E-state index in [4.69, 9.17) is 4.98 Å². The summed E-state index contributed by atoms with van der Waals surface area (Å²) in [6, 6.07) is 22.8. The number of amides is 1. The summed E-state index contributed by atoms with van der Waals surface area (Å²) in [4.78, 5) is 24.1. The van der Waals surface area contributed by atoms with Crippen LogP contribution >= 0.6 is 0 Å². The van der Waals surface area contributed by atoms with E-state index in [0.717, 1.165) is 55.9 Å². The number of anilines is 1. The zero-order valence-electron chi connectivity index (χ0n) is 18.7. The number of hydrogen-bond acceptors (Lipinski definition) is 4. The zero-order valence-corrected chi connectivity index (χ0v) is 18.7. The highest BCUT2D eigenvalue weighted by Crippen LogP contribution is 2.27. The Morgan fingerprint density at radius 1 is 0.939 bits per heavy atom. The minimum Gasteiger partial charge on any atom is -0.352 e. The Labute approximate surface area is 194 Å². The van der Waals surface area contributed by atoms with Gasteiger partial charge in [-0.05, 0) is 48.6 Å². The molecule has 3 heterocycles. The summed E-state index contributed by atoms with van der Waals surface area (Å²) in [5.74, 6) is 1.19. The van der Waals surface area contributed by atoms with Crippen molar-refractivity contribution in [3.63, 3.8) is 0 Å². The molecule has 5 rings (SSSR count). The summed E-state index contributed by atoms with van der Waals surface area (Å²) in [7, 11) is 0. The minimum atomic E-state index is 0.0417. The lowest BCUT2D eigenvalue weighted by molar-refractivity contribution is -0.125. The lowest BCUT2D eigenvalue weighted by Gasteiger charge is -2.32. The van der Waals surface area contributed by atoms with Crippen molar-refractivity contribution in [2.75, 3.05) is 18.0 Å². The van der Waals surface area contributed by atoms with Crippen LogP contribution in [0.3, 0.4) is 0 Å². The van der Waals surface area contributed by atoms with Gasteiger partial charge in [-0.25, -0.2) is 4.98 Å². The summed E-state index contributed by atoms with van der Waals surface area (Å²) in [5.41, 5.74) is 4.54. The Balaban J connectivity index is 1.25. The molecule has 2 aromatic heterocycles. The lowest BCUT2D eigenvalue weighted by Crippen LogP contribution is -2.41. The zero-order chi connectivity index (χ0) is 22.5. The van der Waals surface area contributed by atoms with E-state index in [9.17, 15) is 4.79 Å². The Morgan fingerprint density at radius 2 is 1.70 bits per heavy atom. The predicted octanol–water partition coefficient (Wildman–Crippen LogP) is 4.21. The van der Waals surface area contributed by atoms with E-state index in [0.29, 0.717) is 6.54 Å². The first-order valence-electron chi connectivity index (χ1n) is 11.7. The van der Waals surface area contributed by atoms with Crippen LogP contribution in [0.5, 0.6) is 0 Å². The van der Waals surface area contributed by atoms with Gasteiger partial charge in [0.25, 0.3) is 0 Å². The van der Waals surface area contributed by atoms with Crippen LogP contribution < -0.4 is 10.2 Å². The van der Waals surface area contributed by atoms with Gasteiger partial charge in [-0.3, -0.25) is 9.78 Å². The van der Waals surface area contributed by atoms with Gasteiger partial charge in [0.05, 0.1) is 11.0 Å². The molecule has 33 heavy (non-hydrogen) atoms. The molecule has 0 saturated carbocycles. The number of piperidine rings is 1. The number of imidazole rings is 1. The number of para-hydroxylation sites is 2. The predicted molar refractivity (Wildman–Crippen MR) is 131 cm³/mol. The van der Waals surface area contributed by atoms with Gasteiger partial charge in [-0.2, -0.15) is 0 Å². The third-order valence-corrected chi connectivity index (χ3v) is 6.44. The first-order chi connectivity index (χ1) is 16.3. The van der Waals surface area contributed by atoms with Crippen LogP contribution in [0.25, 0.3) is 11.0 Å². The molecule has 1 fully saturated rings. The van der Waals surface area contributed by atoms with Crippen LogP contribution in [0.4, 0.5) is 5.95 Å². The Morgan fingerprint density at radius 3 is 2.48 bits per heavy atom. The topological polar surface area (TPSA) is 63.1 Å². The molecule has 2 aromatic carbocycles. The number of aromatic nitrogens is 3. The van der Waals surface area contributed by atoms with Crippen molar-refractivity contribution in [3.8, 4) is 0 Å². The molecular formula is C27H29N5O. The Kier molecular flexibility index (Phi) is 6.33. The maximum absolute atomic E-state index is 12.7. The molecule has 6 heteroatoms. The van der Waals surface area contributed by atoms with Crippen molar-refractivity contribution in [1.82, 2.24) is 19.9 Å². The number of aryl methyl sites for hydroxylation is 2. The van der Waals surface area contributed by atoms with Gasteiger partial charge in [-0.15, -0.1) is 0 Å². The fraction of sp³-hybridized carbons (Fsp3) is 0.296. The number of benzene rings is 2. The molecule has 0 radical (unpaired) electrons. The summed E-state index contributed by atoms with van der Waals surface area (Å²) in [5, 5.41) is 3.08. The van der Waals surface area contributed by atoms with E-state index in [2.05, 4.69) is 68.3 Å². The van der Waals surface area contributed by atoms with Crippen molar-refractivity contribution < 1.29 is 4.79 Å². The van der Waals surface area contributed by atoms with Crippen LogP contribution in [0.2, 0.25) is 0 Å². The number of rotatable bonds is 7. The Hall–Kier alpha value is -3.67. The van der Waals surface area contributed by atoms with Gasteiger partial charge >= 0.3 is 0 Å². The molecule has 1 amide bonds. The lowest BCUT2D eigenvalue weighted by atomic mass is 9.96. The fourth-order valence-electron chi connectivity index (χ4n) is 4.59. The fourth-order valence-corrected chi connectivity index (χ4v) is 4.59. The van der Waals surface area contributed by atoms with Crippen molar-refractivity contribution in [2.45, 2.75) is 32.4 Å². The van der Waals surface area contributed by atoms with E-state index < -0.39 is 0 Å². The molecule has 1 aliphatic heterocycles. The van der Waals surface area contributed by atoms with E-state index in [1.54, 1.807) is 12.4 Å². The smallest absolute Gasteiger partial charge is 0.223 e. The van der Waals surface area contributed by atoms with Crippen LogP contribution in [0, 0.1) is 5.92 Å². The van der Waals surface area contributed by atoms with Gasteiger partial charge in [-0.1, -0.05) is 48.5 Å². The normalized spacial score (nSPS) is 14.5. The first-order valence-corrected chi connectivity index (χ1v) is 11.7. The first kappa shape index (κ1) is 21.2. The summed E-state index contributed by atoms with van der Waals surface area (Å²) in [6.45, 7) is 3.08. The highest BCUT2D eigenvalue weighted by atomic mass is 16.1. The van der Waals surface area contributed by atoms with Crippen LogP contribution in [-0.2, 0) is 24.3 Å². The molecule has 168 valence electrons. The summed E-state index contributed by atoms with van der Waals surface area (Å²) in [6.07, 6.45) is 6.17. The average molecular weight is 440 g/mol.